The number of aromatic nitrogens is 1. The minimum atomic E-state index is -4.35. The van der Waals surface area contributed by atoms with Crippen LogP contribution in [0, 0.1) is 0 Å². The van der Waals surface area contributed by atoms with Crippen molar-refractivity contribution in [3.05, 3.63) is 53.3 Å². The summed E-state index contributed by atoms with van der Waals surface area (Å²) in [6.07, 6.45) is -0.453. The van der Waals surface area contributed by atoms with Crippen LogP contribution in [0.2, 0.25) is 0 Å². The van der Waals surface area contributed by atoms with E-state index in [0.717, 1.165) is 11.1 Å². The highest BCUT2D eigenvalue weighted by Gasteiger charge is 2.32. The minimum absolute atomic E-state index is 0.0202. The van der Waals surface area contributed by atoms with E-state index in [1.807, 2.05) is 13.8 Å². The lowest BCUT2D eigenvalue weighted by molar-refractivity contribution is -0.137. The summed E-state index contributed by atoms with van der Waals surface area (Å²) in [5.74, 6) is 0.0202. The number of hydrogen-bond acceptors (Lipinski definition) is 1. The van der Waals surface area contributed by atoms with E-state index >= 15 is 0 Å². The van der Waals surface area contributed by atoms with Gasteiger partial charge >= 0.3 is 6.18 Å². The summed E-state index contributed by atoms with van der Waals surface area (Å²) < 4.78 is 39.7. The zero-order valence-corrected chi connectivity index (χ0v) is 14.0. The van der Waals surface area contributed by atoms with Crippen LogP contribution in [0.15, 0.2) is 36.7 Å². The third-order valence-electron chi connectivity index (χ3n) is 3.55. The summed E-state index contributed by atoms with van der Waals surface area (Å²) in [6.45, 7) is 3.83. The van der Waals surface area contributed by atoms with E-state index in [9.17, 15) is 13.2 Å². The maximum Gasteiger partial charge on any atom is 0.416 e. The van der Waals surface area contributed by atoms with E-state index in [2.05, 4.69) is 20.9 Å². The Morgan fingerprint density at radius 2 is 1.95 bits per heavy atom. The predicted octanol–water partition coefficient (Wildman–Crippen LogP) is 5.83. The normalized spacial score (nSPS) is 12.0. The molecule has 0 aliphatic carbocycles. The lowest BCUT2D eigenvalue weighted by Gasteiger charge is -2.20. The van der Waals surface area contributed by atoms with Gasteiger partial charge in [0.15, 0.2) is 0 Å². The summed E-state index contributed by atoms with van der Waals surface area (Å²) in [4.78, 5) is 4.04. The summed E-state index contributed by atoms with van der Waals surface area (Å²) in [5, 5.41) is 0.700. The number of halogens is 4. The van der Waals surface area contributed by atoms with Crippen LogP contribution in [0.25, 0.3) is 11.1 Å². The maximum absolute atomic E-state index is 13.2. The van der Waals surface area contributed by atoms with E-state index in [0.29, 0.717) is 22.9 Å². The molecule has 5 heteroatoms. The Kier molecular flexibility index (Phi) is 5.27. The zero-order chi connectivity index (χ0) is 16.3. The van der Waals surface area contributed by atoms with Crippen molar-refractivity contribution in [2.75, 3.05) is 5.33 Å². The average molecular weight is 372 g/mol. The summed E-state index contributed by atoms with van der Waals surface area (Å²) in [6, 6.07) is 6.05. The number of nitrogens with zero attached hydrogens (tertiary/aromatic N) is 1. The Bertz CT molecular complexity index is 636. The van der Waals surface area contributed by atoms with Crippen molar-refractivity contribution in [2.45, 2.75) is 32.4 Å². The average Bonchev–Trinajstić information content (AvgIpc) is 2.47. The van der Waals surface area contributed by atoms with Crippen LogP contribution in [0.1, 0.15) is 36.5 Å². The van der Waals surface area contributed by atoms with Crippen molar-refractivity contribution < 1.29 is 13.2 Å². The van der Waals surface area contributed by atoms with Gasteiger partial charge in [0.25, 0.3) is 0 Å². The molecule has 1 heterocycles. The standard InChI is InChI=1S/C17H17BrF3N/c1-11(2)15-8-13(17(19,20)21)9-16(14(15)5-6-18)12-4-3-7-22-10-12/h3-4,7-11H,5-6H2,1-2H3. The van der Waals surface area contributed by atoms with Crippen molar-refractivity contribution in [3.63, 3.8) is 0 Å². The van der Waals surface area contributed by atoms with E-state index in [4.69, 9.17) is 0 Å². The number of hydrogen-bond donors (Lipinski definition) is 0. The van der Waals surface area contributed by atoms with Crippen molar-refractivity contribution in [3.8, 4) is 11.1 Å². The Morgan fingerprint density at radius 3 is 2.45 bits per heavy atom. The molecule has 2 rings (SSSR count). The first-order valence-electron chi connectivity index (χ1n) is 7.05. The molecule has 0 N–H and O–H groups in total. The number of benzene rings is 1. The second-order valence-corrected chi connectivity index (χ2v) is 6.22. The molecular weight excluding hydrogens is 355 g/mol. The Labute approximate surface area is 136 Å². The van der Waals surface area contributed by atoms with Crippen molar-refractivity contribution in [2.24, 2.45) is 0 Å². The molecule has 0 fully saturated rings. The molecule has 1 aromatic carbocycles. The zero-order valence-electron chi connectivity index (χ0n) is 12.4. The Morgan fingerprint density at radius 1 is 1.23 bits per heavy atom. The molecule has 0 aliphatic heterocycles. The number of rotatable bonds is 4. The van der Waals surface area contributed by atoms with Gasteiger partial charge in [0, 0.05) is 23.3 Å². The summed E-state index contributed by atoms with van der Waals surface area (Å²) >= 11 is 3.40. The first kappa shape index (κ1) is 17.0. The van der Waals surface area contributed by atoms with Crippen LogP contribution in [-0.2, 0) is 12.6 Å². The third-order valence-corrected chi connectivity index (χ3v) is 3.95. The van der Waals surface area contributed by atoms with Gasteiger partial charge in [-0.1, -0.05) is 35.8 Å². The molecule has 0 unspecified atom stereocenters. The van der Waals surface area contributed by atoms with Gasteiger partial charge in [0.1, 0.15) is 0 Å². The van der Waals surface area contributed by atoms with Crippen molar-refractivity contribution >= 4 is 15.9 Å². The molecule has 22 heavy (non-hydrogen) atoms. The maximum atomic E-state index is 13.2. The first-order valence-corrected chi connectivity index (χ1v) is 8.17. The molecule has 0 saturated heterocycles. The number of pyridine rings is 1. The van der Waals surface area contributed by atoms with Gasteiger partial charge < -0.3 is 0 Å². The lowest BCUT2D eigenvalue weighted by atomic mass is 9.87. The Balaban J connectivity index is 2.74. The Hall–Kier alpha value is -1.36. The molecule has 0 radical (unpaired) electrons. The fourth-order valence-electron chi connectivity index (χ4n) is 2.53. The highest BCUT2D eigenvalue weighted by atomic mass is 79.9. The van der Waals surface area contributed by atoms with Gasteiger partial charge in [-0.2, -0.15) is 13.2 Å². The van der Waals surface area contributed by atoms with E-state index in [-0.39, 0.29) is 5.92 Å². The molecule has 1 nitrogen and oxygen atoms in total. The fraction of sp³-hybridized carbons (Fsp3) is 0.353. The minimum Gasteiger partial charge on any atom is -0.264 e. The molecule has 1 aromatic heterocycles. The molecule has 0 aliphatic rings. The van der Waals surface area contributed by atoms with E-state index in [1.54, 1.807) is 24.5 Å². The molecule has 0 amide bonds. The van der Waals surface area contributed by atoms with Gasteiger partial charge in [0.05, 0.1) is 5.56 Å². The highest BCUT2D eigenvalue weighted by Crippen LogP contribution is 2.38. The topological polar surface area (TPSA) is 12.9 Å². The van der Waals surface area contributed by atoms with Gasteiger partial charge in [0.2, 0.25) is 0 Å². The smallest absolute Gasteiger partial charge is 0.264 e. The first-order chi connectivity index (χ1) is 10.3. The molecule has 118 valence electrons. The van der Waals surface area contributed by atoms with Crippen LogP contribution in [0.3, 0.4) is 0 Å². The van der Waals surface area contributed by atoms with E-state index < -0.39 is 11.7 Å². The SMILES string of the molecule is CC(C)c1cc(C(F)(F)F)cc(-c2cccnc2)c1CCBr. The summed E-state index contributed by atoms with van der Waals surface area (Å²) in [5.41, 5.74) is 2.42. The molecule has 2 aromatic rings. The number of alkyl halides is 4. The van der Waals surface area contributed by atoms with Gasteiger partial charge in [-0.15, -0.1) is 0 Å². The third kappa shape index (κ3) is 3.69. The largest absolute Gasteiger partial charge is 0.416 e. The molecule has 0 saturated carbocycles. The quantitative estimate of drug-likeness (QED) is 0.616. The highest BCUT2D eigenvalue weighted by molar-refractivity contribution is 9.09. The monoisotopic (exact) mass is 371 g/mol. The van der Waals surface area contributed by atoms with Crippen LogP contribution < -0.4 is 0 Å². The van der Waals surface area contributed by atoms with Gasteiger partial charge in [-0.25, -0.2) is 0 Å². The molecule has 0 atom stereocenters. The predicted molar refractivity (Wildman–Crippen MR) is 86.3 cm³/mol. The second kappa shape index (κ2) is 6.82. The van der Waals surface area contributed by atoms with Crippen LogP contribution in [0.5, 0.6) is 0 Å². The fourth-order valence-corrected chi connectivity index (χ4v) is 2.92. The van der Waals surface area contributed by atoms with E-state index in [1.165, 1.54) is 12.1 Å². The van der Waals surface area contributed by atoms with Gasteiger partial charge in [-0.3, -0.25) is 4.98 Å². The summed E-state index contributed by atoms with van der Waals surface area (Å²) in [7, 11) is 0. The molecule has 0 spiro atoms. The van der Waals surface area contributed by atoms with Crippen LogP contribution in [-0.4, -0.2) is 10.3 Å². The lowest BCUT2D eigenvalue weighted by Crippen LogP contribution is -2.10. The second-order valence-electron chi connectivity index (χ2n) is 5.42. The van der Waals surface area contributed by atoms with Crippen LogP contribution in [0.4, 0.5) is 13.2 Å². The van der Waals surface area contributed by atoms with Crippen molar-refractivity contribution in [1.29, 1.82) is 0 Å². The van der Waals surface area contributed by atoms with Gasteiger partial charge in [-0.05, 0) is 47.2 Å². The molecular formula is C17H17BrF3N. The van der Waals surface area contributed by atoms with Crippen LogP contribution >= 0.6 is 15.9 Å². The molecule has 0 bridgehead atoms. The van der Waals surface area contributed by atoms with Crippen molar-refractivity contribution in [1.82, 2.24) is 4.98 Å².